The molecule has 0 radical (unpaired) electrons. The van der Waals surface area contributed by atoms with Crippen molar-refractivity contribution in [3.8, 4) is 5.75 Å². The van der Waals surface area contributed by atoms with E-state index in [4.69, 9.17) is 10.5 Å². The first-order chi connectivity index (χ1) is 10.0. The number of hydrogen-bond donors (Lipinski definition) is 1. The second-order valence-electron chi connectivity index (χ2n) is 4.31. The number of hydrogen-bond acceptors (Lipinski definition) is 4. The molecule has 0 aliphatic carbocycles. The van der Waals surface area contributed by atoms with Crippen LogP contribution in [0.4, 0.5) is 0 Å². The van der Waals surface area contributed by atoms with Gasteiger partial charge in [0.15, 0.2) is 0 Å². The lowest BCUT2D eigenvalue weighted by atomic mass is 10.2. The van der Waals surface area contributed by atoms with Crippen LogP contribution in [-0.4, -0.2) is 32.4 Å². The van der Waals surface area contributed by atoms with Gasteiger partial charge in [-0.15, -0.1) is 13.2 Å². The highest BCUT2D eigenvalue weighted by molar-refractivity contribution is 7.89. The summed E-state index contributed by atoms with van der Waals surface area (Å²) in [5.41, 5.74) is 6.33. The van der Waals surface area contributed by atoms with Crippen LogP contribution in [0, 0.1) is 0 Å². The quantitative estimate of drug-likeness (QED) is 0.707. The van der Waals surface area contributed by atoms with E-state index in [1.807, 2.05) is 6.92 Å². The Balaban J connectivity index is 3.23. The molecule has 0 aromatic heterocycles. The van der Waals surface area contributed by atoms with Gasteiger partial charge in [-0.05, 0) is 25.1 Å². The average molecular weight is 310 g/mol. The molecule has 5 nitrogen and oxygen atoms in total. The molecule has 1 aromatic rings. The number of nitrogens with two attached hydrogens (primary N) is 1. The molecule has 0 amide bonds. The van der Waals surface area contributed by atoms with E-state index in [1.165, 1.54) is 10.4 Å². The third kappa shape index (κ3) is 4.17. The van der Waals surface area contributed by atoms with Gasteiger partial charge in [0.2, 0.25) is 10.0 Å². The zero-order chi connectivity index (χ0) is 15.9. The van der Waals surface area contributed by atoms with Gasteiger partial charge < -0.3 is 10.5 Å². The molecule has 1 aromatic carbocycles. The molecule has 0 aliphatic heterocycles. The van der Waals surface area contributed by atoms with Crippen molar-refractivity contribution in [2.45, 2.75) is 18.4 Å². The summed E-state index contributed by atoms with van der Waals surface area (Å²) in [6, 6.07) is 4.72. The highest BCUT2D eigenvalue weighted by atomic mass is 32.2. The topological polar surface area (TPSA) is 72.6 Å². The van der Waals surface area contributed by atoms with Crippen molar-refractivity contribution in [3.05, 3.63) is 49.1 Å². The molecule has 0 unspecified atom stereocenters. The summed E-state index contributed by atoms with van der Waals surface area (Å²) in [5.74, 6) is 0.609. The number of rotatable bonds is 9. The number of ether oxygens (including phenoxy) is 1. The third-order valence-electron chi connectivity index (χ3n) is 2.85. The normalized spacial score (nSPS) is 11.4. The predicted octanol–water partition coefficient (Wildman–Crippen LogP) is 1.91. The number of nitrogens with zero attached hydrogens (tertiary/aromatic N) is 1. The Labute approximate surface area is 126 Å². The van der Waals surface area contributed by atoms with E-state index in [2.05, 4.69) is 13.2 Å². The first-order valence-electron chi connectivity index (χ1n) is 6.69. The molecule has 0 aliphatic rings. The molecule has 0 spiro atoms. The minimum Gasteiger partial charge on any atom is -0.494 e. The summed E-state index contributed by atoms with van der Waals surface area (Å²) >= 11 is 0. The van der Waals surface area contributed by atoms with Crippen LogP contribution in [0.5, 0.6) is 5.75 Å². The molecule has 0 atom stereocenters. The van der Waals surface area contributed by atoms with Crippen LogP contribution in [0.2, 0.25) is 0 Å². The SMILES string of the molecule is C=CCN(CC=C)S(=O)(=O)c1ccc(OCC)c(CN)c1. The van der Waals surface area contributed by atoms with Crippen molar-refractivity contribution in [1.29, 1.82) is 0 Å². The molecule has 21 heavy (non-hydrogen) atoms. The molecule has 6 heteroatoms. The summed E-state index contributed by atoms with van der Waals surface area (Å²) in [6.45, 7) is 10.2. The lowest BCUT2D eigenvalue weighted by molar-refractivity contribution is 0.336. The molecule has 1 rings (SSSR count). The maximum absolute atomic E-state index is 12.6. The van der Waals surface area contributed by atoms with E-state index in [9.17, 15) is 8.42 Å². The lowest BCUT2D eigenvalue weighted by Gasteiger charge is -2.20. The summed E-state index contributed by atoms with van der Waals surface area (Å²) in [6.07, 6.45) is 3.08. The van der Waals surface area contributed by atoms with E-state index >= 15 is 0 Å². The van der Waals surface area contributed by atoms with Gasteiger partial charge in [-0.2, -0.15) is 4.31 Å². The molecular formula is C15H22N2O3S. The minimum atomic E-state index is -3.61. The van der Waals surface area contributed by atoms with Crippen molar-refractivity contribution in [3.63, 3.8) is 0 Å². The summed E-state index contributed by atoms with van der Waals surface area (Å²) in [4.78, 5) is 0.190. The number of benzene rings is 1. The molecule has 116 valence electrons. The highest BCUT2D eigenvalue weighted by Gasteiger charge is 2.23. The van der Waals surface area contributed by atoms with Crippen LogP contribution in [0.25, 0.3) is 0 Å². The Morgan fingerprint density at radius 3 is 2.38 bits per heavy atom. The van der Waals surface area contributed by atoms with E-state index in [1.54, 1.807) is 24.3 Å². The van der Waals surface area contributed by atoms with Crippen LogP contribution in [0.1, 0.15) is 12.5 Å². The van der Waals surface area contributed by atoms with Crippen molar-refractivity contribution in [1.82, 2.24) is 4.31 Å². The third-order valence-corrected chi connectivity index (χ3v) is 4.68. The second kappa shape index (κ2) is 7.97. The largest absolute Gasteiger partial charge is 0.494 e. The van der Waals surface area contributed by atoms with Crippen LogP contribution < -0.4 is 10.5 Å². The van der Waals surface area contributed by atoms with Gasteiger partial charge in [0.1, 0.15) is 5.75 Å². The highest BCUT2D eigenvalue weighted by Crippen LogP contribution is 2.24. The molecule has 2 N–H and O–H groups in total. The lowest BCUT2D eigenvalue weighted by Crippen LogP contribution is -2.31. The molecule has 0 saturated carbocycles. The summed E-state index contributed by atoms with van der Waals surface area (Å²) < 4.78 is 31.9. The van der Waals surface area contributed by atoms with E-state index in [-0.39, 0.29) is 24.5 Å². The van der Waals surface area contributed by atoms with Gasteiger partial charge in [0.25, 0.3) is 0 Å². The first-order valence-corrected chi connectivity index (χ1v) is 8.13. The Morgan fingerprint density at radius 2 is 1.90 bits per heavy atom. The van der Waals surface area contributed by atoms with Crippen molar-refractivity contribution >= 4 is 10.0 Å². The molecule has 0 saturated heterocycles. The van der Waals surface area contributed by atoms with Gasteiger partial charge in [0.05, 0.1) is 11.5 Å². The molecule has 0 fully saturated rings. The van der Waals surface area contributed by atoms with Crippen molar-refractivity contribution in [2.75, 3.05) is 19.7 Å². The fraction of sp³-hybridized carbons (Fsp3) is 0.333. The van der Waals surface area contributed by atoms with Crippen LogP contribution in [0.3, 0.4) is 0 Å². The average Bonchev–Trinajstić information content (AvgIpc) is 2.47. The first kappa shape index (κ1) is 17.4. The fourth-order valence-corrected chi connectivity index (χ4v) is 3.31. The van der Waals surface area contributed by atoms with Gasteiger partial charge in [-0.1, -0.05) is 12.2 Å². The Bertz CT molecular complexity index is 587. The van der Waals surface area contributed by atoms with Gasteiger partial charge >= 0.3 is 0 Å². The van der Waals surface area contributed by atoms with E-state index < -0.39 is 10.0 Å². The van der Waals surface area contributed by atoms with Crippen molar-refractivity contribution < 1.29 is 13.2 Å². The molecule has 0 bridgehead atoms. The zero-order valence-corrected chi connectivity index (χ0v) is 13.1. The van der Waals surface area contributed by atoms with E-state index in [0.717, 1.165) is 0 Å². The number of sulfonamides is 1. The molecule has 0 heterocycles. The minimum absolute atomic E-state index is 0.190. The second-order valence-corrected chi connectivity index (χ2v) is 6.24. The summed E-state index contributed by atoms with van der Waals surface area (Å²) in [7, 11) is -3.61. The standard InChI is InChI=1S/C15H22N2O3S/c1-4-9-17(10-5-2)21(18,19)14-7-8-15(20-6-3)13(11-14)12-16/h4-5,7-8,11H,1-2,6,9-10,12,16H2,3H3. The monoisotopic (exact) mass is 310 g/mol. The Morgan fingerprint density at radius 1 is 1.29 bits per heavy atom. The maximum atomic E-state index is 12.6. The van der Waals surface area contributed by atoms with Crippen LogP contribution in [-0.2, 0) is 16.6 Å². The Kier molecular flexibility index (Phi) is 6.61. The van der Waals surface area contributed by atoms with Gasteiger partial charge in [0, 0.05) is 25.2 Å². The predicted molar refractivity (Wildman–Crippen MR) is 84.7 cm³/mol. The van der Waals surface area contributed by atoms with E-state index in [0.29, 0.717) is 17.9 Å². The van der Waals surface area contributed by atoms with Crippen LogP contribution in [0.15, 0.2) is 48.4 Å². The van der Waals surface area contributed by atoms with Crippen molar-refractivity contribution in [2.24, 2.45) is 5.73 Å². The smallest absolute Gasteiger partial charge is 0.243 e. The summed E-state index contributed by atoms with van der Waals surface area (Å²) in [5, 5.41) is 0. The zero-order valence-electron chi connectivity index (χ0n) is 12.3. The fourth-order valence-electron chi connectivity index (χ4n) is 1.88. The van der Waals surface area contributed by atoms with Crippen LogP contribution >= 0.6 is 0 Å². The van der Waals surface area contributed by atoms with Gasteiger partial charge in [-0.25, -0.2) is 8.42 Å². The maximum Gasteiger partial charge on any atom is 0.243 e. The molecular weight excluding hydrogens is 288 g/mol. The van der Waals surface area contributed by atoms with Gasteiger partial charge in [-0.3, -0.25) is 0 Å². The Hall–Kier alpha value is -1.63.